The van der Waals surface area contributed by atoms with Crippen molar-refractivity contribution in [2.75, 3.05) is 19.7 Å². The van der Waals surface area contributed by atoms with E-state index in [0.717, 1.165) is 18.4 Å². The SMILES string of the molecule is CC1CC(C)C(C)N(CC2(CO)CCCCCC2)C1. The Kier molecular flexibility index (Phi) is 5.30. The molecule has 1 saturated carbocycles. The van der Waals surface area contributed by atoms with Gasteiger partial charge in [0, 0.05) is 31.2 Å². The summed E-state index contributed by atoms with van der Waals surface area (Å²) >= 11 is 0. The summed E-state index contributed by atoms with van der Waals surface area (Å²) in [6, 6.07) is 0.683. The van der Waals surface area contributed by atoms with Crippen molar-refractivity contribution in [1.29, 1.82) is 0 Å². The minimum absolute atomic E-state index is 0.196. The maximum absolute atomic E-state index is 9.99. The van der Waals surface area contributed by atoms with Gasteiger partial charge in [0.15, 0.2) is 0 Å². The highest BCUT2D eigenvalue weighted by molar-refractivity contribution is 4.89. The second kappa shape index (κ2) is 6.58. The first-order chi connectivity index (χ1) is 9.06. The monoisotopic (exact) mass is 267 g/mol. The molecular formula is C17H33NO. The topological polar surface area (TPSA) is 23.5 Å². The van der Waals surface area contributed by atoms with Gasteiger partial charge in [-0.3, -0.25) is 4.90 Å². The number of aliphatic hydroxyl groups excluding tert-OH is 1. The molecule has 2 heteroatoms. The third-order valence-electron chi connectivity index (χ3n) is 5.76. The lowest BCUT2D eigenvalue weighted by Gasteiger charge is -2.46. The first-order valence-corrected chi connectivity index (χ1v) is 8.41. The number of hydrogen-bond acceptors (Lipinski definition) is 2. The molecule has 2 nitrogen and oxygen atoms in total. The van der Waals surface area contributed by atoms with Gasteiger partial charge in [0.1, 0.15) is 0 Å². The fourth-order valence-corrected chi connectivity index (χ4v) is 4.32. The van der Waals surface area contributed by atoms with E-state index in [-0.39, 0.29) is 5.41 Å². The molecule has 0 aromatic heterocycles. The second-order valence-corrected chi connectivity index (χ2v) is 7.56. The predicted octanol–water partition coefficient (Wildman–Crippen LogP) is 3.69. The van der Waals surface area contributed by atoms with Crippen LogP contribution in [-0.4, -0.2) is 35.7 Å². The van der Waals surface area contributed by atoms with Crippen molar-refractivity contribution in [2.24, 2.45) is 17.3 Å². The summed E-state index contributed by atoms with van der Waals surface area (Å²) < 4.78 is 0. The summed E-state index contributed by atoms with van der Waals surface area (Å²) in [5.41, 5.74) is 0.196. The molecule has 1 saturated heterocycles. The Morgan fingerprint density at radius 2 is 1.68 bits per heavy atom. The Labute approximate surface area is 119 Å². The van der Waals surface area contributed by atoms with Gasteiger partial charge in [-0.2, -0.15) is 0 Å². The standard InChI is InChI=1S/C17H33NO/c1-14-10-15(2)16(3)18(11-14)12-17(13-19)8-6-4-5-7-9-17/h14-16,19H,4-13H2,1-3H3. The minimum atomic E-state index is 0.196. The quantitative estimate of drug-likeness (QED) is 0.788. The molecule has 1 heterocycles. The van der Waals surface area contributed by atoms with Crippen molar-refractivity contribution in [3.8, 4) is 0 Å². The average molecular weight is 267 g/mol. The largest absolute Gasteiger partial charge is 0.396 e. The fourth-order valence-electron chi connectivity index (χ4n) is 4.32. The molecule has 0 amide bonds. The summed E-state index contributed by atoms with van der Waals surface area (Å²) in [5.74, 6) is 1.61. The lowest BCUT2D eigenvalue weighted by Crippen LogP contribution is -2.51. The number of piperidine rings is 1. The van der Waals surface area contributed by atoms with E-state index < -0.39 is 0 Å². The van der Waals surface area contributed by atoms with Crippen molar-refractivity contribution in [1.82, 2.24) is 4.90 Å². The van der Waals surface area contributed by atoms with E-state index in [4.69, 9.17) is 0 Å². The Morgan fingerprint density at radius 3 is 2.26 bits per heavy atom. The van der Waals surface area contributed by atoms with E-state index >= 15 is 0 Å². The van der Waals surface area contributed by atoms with Crippen LogP contribution in [0.2, 0.25) is 0 Å². The van der Waals surface area contributed by atoms with Gasteiger partial charge in [0.2, 0.25) is 0 Å². The zero-order valence-electron chi connectivity index (χ0n) is 13.2. The molecule has 3 unspecified atom stereocenters. The maximum Gasteiger partial charge on any atom is 0.0499 e. The lowest BCUT2D eigenvalue weighted by atomic mass is 9.78. The number of hydrogen-bond donors (Lipinski definition) is 1. The van der Waals surface area contributed by atoms with Crippen LogP contribution in [-0.2, 0) is 0 Å². The zero-order valence-corrected chi connectivity index (χ0v) is 13.2. The molecule has 1 aliphatic carbocycles. The molecule has 0 aromatic rings. The first kappa shape index (κ1) is 15.3. The van der Waals surface area contributed by atoms with E-state index in [1.807, 2.05) is 0 Å². The molecule has 1 N–H and O–H groups in total. The lowest BCUT2D eigenvalue weighted by molar-refractivity contribution is 0.00347. The van der Waals surface area contributed by atoms with Gasteiger partial charge in [-0.05, 0) is 38.0 Å². The molecule has 2 aliphatic rings. The van der Waals surface area contributed by atoms with E-state index in [9.17, 15) is 5.11 Å². The molecule has 1 aliphatic heterocycles. The van der Waals surface area contributed by atoms with Crippen LogP contribution in [0.1, 0.15) is 65.7 Å². The summed E-state index contributed by atoms with van der Waals surface area (Å²) in [4.78, 5) is 2.68. The van der Waals surface area contributed by atoms with E-state index in [0.29, 0.717) is 12.6 Å². The molecule has 19 heavy (non-hydrogen) atoms. The Balaban J connectivity index is 2.03. The number of aliphatic hydroxyl groups is 1. The predicted molar refractivity (Wildman–Crippen MR) is 81.2 cm³/mol. The smallest absolute Gasteiger partial charge is 0.0499 e. The van der Waals surface area contributed by atoms with Crippen LogP contribution >= 0.6 is 0 Å². The van der Waals surface area contributed by atoms with Gasteiger partial charge in [-0.15, -0.1) is 0 Å². The van der Waals surface area contributed by atoms with Crippen molar-refractivity contribution in [2.45, 2.75) is 71.8 Å². The van der Waals surface area contributed by atoms with E-state index in [2.05, 4.69) is 25.7 Å². The number of nitrogens with zero attached hydrogens (tertiary/aromatic N) is 1. The Bertz CT molecular complexity index is 270. The van der Waals surface area contributed by atoms with Gasteiger partial charge in [-0.25, -0.2) is 0 Å². The molecule has 2 fully saturated rings. The third-order valence-corrected chi connectivity index (χ3v) is 5.76. The molecular weight excluding hydrogens is 234 g/mol. The van der Waals surface area contributed by atoms with Gasteiger partial charge < -0.3 is 5.11 Å². The van der Waals surface area contributed by atoms with Gasteiger partial charge in [-0.1, -0.05) is 39.5 Å². The van der Waals surface area contributed by atoms with Crippen LogP contribution in [0, 0.1) is 17.3 Å². The maximum atomic E-state index is 9.99. The molecule has 2 rings (SSSR count). The molecule has 0 spiro atoms. The number of rotatable bonds is 3. The summed E-state index contributed by atoms with van der Waals surface area (Å²) in [7, 11) is 0. The molecule has 0 bridgehead atoms. The molecule has 0 radical (unpaired) electrons. The first-order valence-electron chi connectivity index (χ1n) is 8.41. The second-order valence-electron chi connectivity index (χ2n) is 7.56. The van der Waals surface area contributed by atoms with Crippen LogP contribution in [0.25, 0.3) is 0 Å². The summed E-state index contributed by atoms with van der Waals surface area (Å²) in [6.45, 7) is 9.91. The highest BCUT2D eigenvalue weighted by Crippen LogP contribution is 2.38. The van der Waals surface area contributed by atoms with Crippen LogP contribution in [0.5, 0.6) is 0 Å². The van der Waals surface area contributed by atoms with Crippen molar-refractivity contribution in [3.63, 3.8) is 0 Å². The van der Waals surface area contributed by atoms with Crippen molar-refractivity contribution >= 4 is 0 Å². The normalized spacial score (nSPS) is 36.9. The third kappa shape index (κ3) is 3.72. The summed E-state index contributed by atoms with van der Waals surface area (Å²) in [5, 5.41) is 9.99. The van der Waals surface area contributed by atoms with E-state index in [1.54, 1.807) is 0 Å². The molecule has 3 atom stereocenters. The zero-order chi connectivity index (χ0) is 13.9. The van der Waals surface area contributed by atoms with Crippen LogP contribution < -0.4 is 0 Å². The minimum Gasteiger partial charge on any atom is -0.396 e. The van der Waals surface area contributed by atoms with Crippen LogP contribution in [0.4, 0.5) is 0 Å². The van der Waals surface area contributed by atoms with E-state index in [1.165, 1.54) is 51.5 Å². The van der Waals surface area contributed by atoms with Crippen LogP contribution in [0.15, 0.2) is 0 Å². The Morgan fingerprint density at radius 1 is 1.05 bits per heavy atom. The van der Waals surface area contributed by atoms with Gasteiger partial charge in [0.25, 0.3) is 0 Å². The number of likely N-dealkylation sites (tertiary alicyclic amines) is 1. The Hall–Kier alpha value is -0.0800. The average Bonchev–Trinajstić information content (AvgIpc) is 2.61. The van der Waals surface area contributed by atoms with Crippen LogP contribution in [0.3, 0.4) is 0 Å². The van der Waals surface area contributed by atoms with Crippen molar-refractivity contribution in [3.05, 3.63) is 0 Å². The highest BCUT2D eigenvalue weighted by atomic mass is 16.3. The molecule has 112 valence electrons. The van der Waals surface area contributed by atoms with Gasteiger partial charge in [0.05, 0.1) is 0 Å². The van der Waals surface area contributed by atoms with Gasteiger partial charge >= 0.3 is 0 Å². The van der Waals surface area contributed by atoms with Crippen molar-refractivity contribution < 1.29 is 5.11 Å². The molecule has 0 aromatic carbocycles. The fraction of sp³-hybridized carbons (Fsp3) is 1.00. The summed E-state index contributed by atoms with van der Waals surface area (Å²) in [6.07, 6.45) is 9.19. The highest BCUT2D eigenvalue weighted by Gasteiger charge is 2.37.